The van der Waals surface area contributed by atoms with Crippen molar-refractivity contribution in [1.29, 1.82) is 0 Å². The van der Waals surface area contributed by atoms with Gasteiger partial charge in [0.25, 0.3) is 5.91 Å². The van der Waals surface area contributed by atoms with Gasteiger partial charge in [-0.2, -0.15) is 0 Å². The number of ether oxygens (including phenoxy) is 2. The first kappa shape index (κ1) is 11.3. The van der Waals surface area contributed by atoms with Gasteiger partial charge in [-0.25, -0.2) is 0 Å². The summed E-state index contributed by atoms with van der Waals surface area (Å²) in [4.78, 5) is 21.9. The summed E-state index contributed by atoms with van der Waals surface area (Å²) in [6.45, 7) is 0.252. The molecule has 1 aliphatic heterocycles. The number of benzene rings is 1. The largest absolute Gasteiger partial charge is 0.481 e. The van der Waals surface area contributed by atoms with Crippen molar-refractivity contribution in [3.63, 3.8) is 0 Å². The molecule has 17 heavy (non-hydrogen) atoms. The van der Waals surface area contributed by atoms with Crippen molar-refractivity contribution in [3.05, 3.63) is 23.8 Å². The number of carbonyl (C=O) groups is 2. The maximum absolute atomic E-state index is 11.6. The molecule has 0 saturated carbocycles. The first-order chi connectivity index (χ1) is 8.16. The molecular formula is C11H11NO5. The number of aliphatic carboxylic acids is 1. The van der Waals surface area contributed by atoms with Crippen molar-refractivity contribution in [2.24, 2.45) is 0 Å². The normalized spacial score (nSPS) is 12.2. The van der Waals surface area contributed by atoms with Crippen LogP contribution in [0.4, 0.5) is 0 Å². The van der Waals surface area contributed by atoms with Crippen LogP contribution in [-0.2, 0) is 4.79 Å². The summed E-state index contributed by atoms with van der Waals surface area (Å²) in [5.41, 5.74) is 0.416. The highest BCUT2D eigenvalue weighted by Crippen LogP contribution is 2.32. The van der Waals surface area contributed by atoms with E-state index in [1.54, 1.807) is 18.2 Å². The number of hydrogen-bond donors (Lipinski definition) is 2. The molecule has 1 aromatic carbocycles. The molecule has 1 aromatic rings. The molecule has 1 amide bonds. The Bertz CT molecular complexity index is 457. The Morgan fingerprint density at radius 3 is 2.82 bits per heavy atom. The van der Waals surface area contributed by atoms with Crippen LogP contribution < -0.4 is 14.8 Å². The molecule has 0 bridgehead atoms. The van der Waals surface area contributed by atoms with Crippen molar-refractivity contribution < 1.29 is 24.2 Å². The van der Waals surface area contributed by atoms with Crippen LogP contribution in [0.3, 0.4) is 0 Å². The molecule has 0 fully saturated rings. The Labute approximate surface area is 97.1 Å². The molecule has 0 aliphatic carbocycles. The highest BCUT2D eigenvalue weighted by Gasteiger charge is 2.15. The molecular weight excluding hydrogens is 226 g/mol. The molecule has 6 heteroatoms. The zero-order chi connectivity index (χ0) is 12.3. The molecule has 6 nitrogen and oxygen atoms in total. The van der Waals surface area contributed by atoms with Gasteiger partial charge in [-0.15, -0.1) is 0 Å². The molecule has 0 saturated heterocycles. The fourth-order valence-electron chi connectivity index (χ4n) is 1.42. The van der Waals surface area contributed by atoms with Gasteiger partial charge in [-0.3, -0.25) is 9.59 Å². The average Bonchev–Trinajstić information content (AvgIpc) is 2.75. The predicted octanol–water partition coefficient (Wildman–Crippen LogP) is 0.620. The van der Waals surface area contributed by atoms with Crippen molar-refractivity contribution in [2.75, 3.05) is 13.3 Å². The molecule has 0 unspecified atom stereocenters. The lowest BCUT2D eigenvalue weighted by Gasteiger charge is -2.04. The average molecular weight is 237 g/mol. The number of carboxylic acids is 1. The molecule has 2 N–H and O–H groups in total. The number of hydrogen-bond acceptors (Lipinski definition) is 4. The fraction of sp³-hybridized carbons (Fsp3) is 0.273. The smallest absolute Gasteiger partial charge is 0.305 e. The SMILES string of the molecule is O=C(O)CCNC(=O)c1ccc2c(c1)OCO2. The van der Waals surface area contributed by atoms with E-state index in [1.807, 2.05) is 0 Å². The topological polar surface area (TPSA) is 84.9 Å². The van der Waals surface area contributed by atoms with E-state index in [2.05, 4.69) is 5.32 Å². The minimum atomic E-state index is -0.948. The monoisotopic (exact) mass is 237 g/mol. The Morgan fingerprint density at radius 2 is 2.06 bits per heavy atom. The first-order valence-corrected chi connectivity index (χ1v) is 5.06. The quantitative estimate of drug-likeness (QED) is 0.801. The lowest BCUT2D eigenvalue weighted by Crippen LogP contribution is -2.25. The lowest BCUT2D eigenvalue weighted by molar-refractivity contribution is -0.136. The van der Waals surface area contributed by atoms with Crippen LogP contribution in [0.5, 0.6) is 11.5 Å². The van der Waals surface area contributed by atoms with Gasteiger partial charge in [0.1, 0.15) is 0 Å². The molecule has 0 aromatic heterocycles. The van der Waals surface area contributed by atoms with Gasteiger partial charge in [0.05, 0.1) is 6.42 Å². The number of rotatable bonds is 4. The maximum atomic E-state index is 11.6. The molecule has 1 heterocycles. The zero-order valence-corrected chi connectivity index (χ0v) is 8.93. The third-order valence-corrected chi connectivity index (χ3v) is 2.26. The van der Waals surface area contributed by atoms with E-state index in [1.165, 1.54) is 0 Å². The highest BCUT2D eigenvalue weighted by atomic mass is 16.7. The van der Waals surface area contributed by atoms with Crippen LogP contribution in [0, 0.1) is 0 Å². The molecule has 90 valence electrons. The second kappa shape index (κ2) is 4.73. The molecule has 0 radical (unpaired) electrons. The number of amides is 1. The van der Waals surface area contributed by atoms with E-state index in [9.17, 15) is 9.59 Å². The van der Waals surface area contributed by atoms with Crippen LogP contribution in [-0.4, -0.2) is 30.3 Å². The van der Waals surface area contributed by atoms with E-state index < -0.39 is 5.97 Å². The van der Waals surface area contributed by atoms with Gasteiger partial charge in [-0.1, -0.05) is 0 Å². The molecule has 2 rings (SSSR count). The van der Waals surface area contributed by atoms with E-state index in [4.69, 9.17) is 14.6 Å². The van der Waals surface area contributed by atoms with Gasteiger partial charge in [0.2, 0.25) is 6.79 Å². The van der Waals surface area contributed by atoms with Gasteiger partial charge in [0, 0.05) is 12.1 Å². The Balaban J connectivity index is 1.97. The van der Waals surface area contributed by atoms with Crippen LogP contribution in [0.25, 0.3) is 0 Å². The third kappa shape index (κ3) is 2.66. The number of nitrogens with one attached hydrogen (secondary N) is 1. The number of fused-ring (bicyclic) bond motifs is 1. The lowest BCUT2D eigenvalue weighted by atomic mass is 10.2. The summed E-state index contributed by atoms with van der Waals surface area (Å²) in [6.07, 6.45) is -0.101. The predicted molar refractivity (Wildman–Crippen MR) is 57.2 cm³/mol. The highest BCUT2D eigenvalue weighted by molar-refractivity contribution is 5.95. The second-order valence-electron chi connectivity index (χ2n) is 3.47. The summed E-state index contributed by atoms with van der Waals surface area (Å²) in [5, 5.41) is 10.9. The van der Waals surface area contributed by atoms with Gasteiger partial charge < -0.3 is 19.9 Å². The zero-order valence-electron chi connectivity index (χ0n) is 8.93. The van der Waals surface area contributed by atoms with Crippen molar-refractivity contribution in [3.8, 4) is 11.5 Å². The Hall–Kier alpha value is -2.24. The van der Waals surface area contributed by atoms with Crippen LogP contribution in [0.15, 0.2) is 18.2 Å². The van der Waals surface area contributed by atoms with Crippen LogP contribution in [0.1, 0.15) is 16.8 Å². The van der Waals surface area contributed by atoms with Gasteiger partial charge in [0.15, 0.2) is 11.5 Å². The molecule has 0 atom stereocenters. The summed E-state index contributed by atoms with van der Waals surface area (Å²) in [5.74, 6) is -0.150. The van der Waals surface area contributed by atoms with E-state index >= 15 is 0 Å². The molecule has 1 aliphatic rings. The minimum Gasteiger partial charge on any atom is -0.481 e. The summed E-state index contributed by atoms with van der Waals surface area (Å²) >= 11 is 0. The maximum Gasteiger partial charge on any atom is 0.305 e. The number of carboxylic acid groups (broad SMARTS) is 1. The fourth-order valence-corrected chi connectivity index (χ4v) is 1.42. The van der Waals surface area contributed by atoms with E-state index in [-0.39, 0.29) is 25.7 Å². The van der Waals surface area contributed by atoms with E-state index in [0.717, 1.165) is 0 Å². The van der Waals surface area contributed by atoms with Gasteiger partial charge >= 0.3 is 5.97 Å². The summed E-state index contributed by atoms with van der Waals surface area (Å²) in [7, 11) is 0. The van der Waals surface area contributed by atoms with Crippen molar-refractivity contribution >= 4 is 11.9 Å². The molecule has 0 spiro atoms. The van der Waals surface area contributed by atoms with Crippen LogP contribution >= 0.6 is 0 Å². The minimum absolute atomic E-state index is 0.0998. The standard InChI is InChI=1S/C11H11NO5/c13-10(14)3-4-12-11(15)7-1-2-8-9(5-7)17-6-16-8/h1-2,5H,3-4,6H2,(H,12,15)(H,13,14). The Morgan fingerprint density at radius 1 is 1.29 bits per heavy atom. The third-order valence-electron chi connectivity index (χ3n) is 2.26. The van der Waals surface area contributed by atoms with Crippen molar-refractivity contribution in [2.45, 2.75) is 6.42 Å². The Kier molecular flexibility index (Phi) is 3.13. The number of carbonyl (C=O) groups excluding carboxylic acids is 1. The van der Waals surface area contributed by atoms with Crippen LogP contribution in [0.2, 0.25) is 0 Å². The van der Waals surface area contributed by atoms with Crippen molar-refractivity contribution in [1.82, 2.24) is 5.32 Å². The summed E-state index contributed by atoms with van der Waals surface area (Å²) in [6, 6.07) is 4.82. The van der Waals surface area contributed by atoms with Gasteiger partial charge in [-0.05, 0) is 18.2 Å². The van der Waals surface area contributed by atoms with E-state index in [0.29, 0.717) is 17.1 Å². The second-order valence-corrected chi connectivity index (χ2v) is 3.47. The summed E-state index contributed by atoms with van der Waals surface area (Å²) < 4.78 is 10.2. The first-order valence-electron chi connectivity index (χ1n) is 5.06.